The lowest BCUT2D eigenvalue weighted by molar-refractivity contribution is 0.0827. The number of carbonyl (C=O) groups is 1. The molecular formula is C24H36IN5O. The third kappa shape index (κ3) is 9.26. The number of carbonyl (C=O) groups excluding carboxylic acids is 1. The van der Waals surface area contributed by atoms with Crippen LogP contribution in [0.4, 0.5) is 0 Å². The van der Waals surface area contributed by atoms with Crippen molar-refractivity contribution in [3.8, 4) is 0 Å². The number of nitrogens with one attached hydrogen (secondary N) is 2. The van der Waals surface area contributed by atoms with Crippen LogP contribution in [-0.2, 0) is 13.1 Å². The summed E-state index contributed by atoms with van der Waals surface area (Å²) in [5.74, 6) is 0.805. The average Bonchev–Trinajstić information content (AvgIpc) is 2.75. The summed E-state index contributed by atoms with van der Waals surface area (Å²) in [6.45, 7) is 7.33. The quantitative estimate of drug-likeness (QED) is 0.292. The monoisotopic (exact) mass is 537 g/mol. The molecule has 31 heavy (non-hydrogen) atoms. The summed E-state index contributed by atoms with van der Waals surface area (Å²) in [4.78, 5) is 20.6. The van der Waals surface area contributed by atoms with E-state index in [1.165, 1.54) is 5.56 Å². The molecule has 0 radical (unpaired) electrons. The number of hydrogen-bond donors (Lipinski definition) is 2. The molecule has 1 amide bonds. The zero-order valence-corrected chi connectivity index (χ0v) is 21.6. The molecule has 0 aliphatic rings. The third-order valence-electron chi connectivity index (χ3n) is 4.96. The van der Waals surface area contributed by atoms with Gasteiger partial charge < -0.3 is 15.5 Å². The smallest absolute Gasteiger partial charge is 0.253 e. The lowest BCUT2D eigenvalue weighted by Gasteiger charge is -2.25. The Morgan fingerprint density at radius 2 is 1.61 bits per heavy atom. The van der Waals surface area contributed by atoms with Gasteiger partial charge in [0.1, 0.15) is 0 Å². The van der Waals surface area contributed by atoms with Crippen LogP contribution in [0, 0.1) is 0 Å². The van der Waals surface area contributed by atoms with E-state index in [0.29, 0.717) is 18.2 Å². The van der Waals surface area contributed by atoms with E-state index < -0.39 is 0 Å². The second-order valence-electron chi connectivity index (χ2n) is 7.72. The molecule has 0 aliphatic carbocycles. The van der Waals surface area contributed by atoms with Gasteiger partial charge in [0, 0.05) is 45.3 Å². The van der Waals surface area contributed by atoms with Gasteiger partial charge in [-0.15, -0.1) is 24.0 Å². The van der Waals surface area contributed by atoms with Gasteiger partial charge in [0.2, 0.25) is 0 Å². The highest BCUT2D eigenvalue weighted by Gasteiger charge is 2.11. The first-order valence-corrected chi connectivity index (χ1v) is 10.5. The molecule has 0 saturated carbocycles. The second kappa shape index (κ2) is 14.0. The maximum Gasteiger partial charge on any atom is 0.253 e. The first kappa shape index (κ1) is 26.9. The van der Waals surface area contributed by atoms with Crippen LogP contribution in [0.2, 0.25) is 0 Å². The Morgan fingerprint density at radius 1 is 0.968 bits per heavy atom. The normalized spacial score (nSPS) is 12.1. The molecule has 0 aliphatic heterocycles. The Balaban J connectivity index is 0.00000480. The van der Waals surface area contributed by atoms with E-state index in [1.54, 1.807) is 19.0 Å². The van der Waals surface area contributed by atoms with E-state index >= 15 is 0 Å². The van der Waals surface area contributed by atoms with E-state index in [1.807, 2.05) is 30.3 Å². The fourth-order valence-electron chi connectivity index (χ4n) is 2.95. The lowest BCUT2D eigenvalue weighted by Crippen LogP contribution is -2.44. The van der Waals surface area contributed by atoms with Crippen molar-refractivity contribution >= 4 is 35.8 Å². The Morgan fingerprint density at radius 3 is 2.19 bits per heavy atom. The minimum absolute atomic E-state index is 0. The van der Waals surface area contributed by atoms with Crippen molar-refractivity contribution in [2.45, 2.75) is 33.0 Å². The minimum atomic E-state index is 0. The molecule has 2 N–H and O–H groups in total. The molecular weight excluding hydrogens is 501 g/mol. The maximum atomic E-state index is 12.0. The molecule has 2 aromatic carbocycles. The SMILES string of the molecule is CCNC(=NCc1ccc(C(=O)N(C)C)cc1)NCC(C)N(C)Cc1ccccc1.I. The van der Waals surface area contributed by atoms with Gasteiger partial charge >= 0.3 is 0 Å². The number of amides is 1. The molecule has 2 aromatic rings. The van der Waals surface area contributed by atoms with Gasteiger partial charge in [-0.05, 0) is 44.2 Å². The van der Waals surface area contributed by atoms with E-state index in [9.17, 15) is 4.79 Å². The predicted molar refractivity (Wildman–Crippen MR) is 140 cm³/mol. The average molecular weight is 537 g/mol. The van der Waals surface area contributed by atoms with Gasteiger partial charge in [-0.3, -0.25) is 9.69 Å². The first-order valence-electron chi connectivity index (χ1n) is 10.5. The van der Waals surface area contributed by atoms with Crippen LogP contribution in [0.15, 0.2) is 59.6 Å². The van der Waals surface area contributed by atoms with Gasteiger partial charge in [-0.25, -0.2) is 4.99 Å². The number of nitrogens with zero attached hydrogens (tertiary/aromatic N) is 3. The van der Waals surface area contributed by atoms with Gasteiger partial charge in [0.15, 0.2) is 5.96 Å². The van der Waals surface area contributed by atoms with E-state index in [0.717, 1.165) is 31.2 Å². The second-order valence-corrected chi connectivity index (χ2v) is 7.72. The molecule has 6 nitrogen and oxygen atoms in total. The maximum absolute atomic E-state index is 12.0. The van der Waals surface area contributed by atoms with Crippen molar-refractivity contribution in [1.29, 1.82) is 0 Å². The molecule has 1 unspecified atom stereocenters. The van der Waals surface area contributed by atoms with Gasteiger partial charge in [0.25, 0.3) is 5.91 Å². The number of halogens is 1. The summed E-state index contributed by atoms with van der Waals surface area (Å²) >= 11 is 0. The first-order chi connectivity index (χ1) is 14.4. The zero-order valence-electron chi connectivity index (χ0n) is 19.3. The van der Waals surface area contributed by atoms with Crippen LogP contribution in [0.1, 0.15) is 35.3 Å². The van der Waals surface area contributed by atoms with Crippen LogP contribution >= 0.6 is 24.0 Å². The number of rotatable bonds is 9. The van der Waals surface area contributed by atoms with Crippen molar-refractivity contribution in [1.82, 2.24) is 20.4 Å². The highest BCUT2D eigenvalue weighted by molar-refractivity contribution is 14.0. The van der Waals surface area contributed by atoms with E-state index in [-0.39, 0.29) is 29.9 Å². The van der Waals surface area contributed by atoms with Crippen LogP contribution < -0.4 is 10.6 Å². The molecule has 1 atom stereocenters. The Bertz CT molecular complexity index is 808. The summed E-state index contributed by atoms with van der Waals surface area (Å²) in [6, 6.07) is 18.5. The lowest BCUT2D eigenvalue weighted by atomic mass is 10.1. The van der Waals surface area contributed by atoms with Crippen LogP contribution in [0.25, 0.3) is 0 Å². The summed E-state index contributed by atoms with van der Waals surface area (Å²) in [5, 5.41) is 6.74. The van der Waals surface area contributed by atoms with Crippen molar-refractivity contribution in [2.75, 3.05) is 34.2 Å². The number of guanidine groups is 1. The molecule has 0 spiro atoms. The predicted octanol–water partition coefficient (Wildman–Crippen LogP) is 3.58. The number of aliphatic imine (C=N–C) groups is 1. The van der Waals surface area contributed by atoms with E-state index in [4.69, 9.17) is 0 Å². The molecule has 0 heterocycles. The third-order valence-corrected chi connectivity index (χ3v) is 4.96. The Labute approximate surface area is 204 Å². The number of hydrogen-bond acceptors (Lipinski definition) is 3. The van der Waals surface area contributed by atoms with Crippen molar-refractivity contribution in [2.24, 2.45) is 4.99 Å². The molecule has 0 aromatic heterocycles. The molecule has 0 saturated heterocycles. The molecule has 2 rings (SSSR count). The molecule has 0 fully saturated rings. The van der Waals surface area contributed by atoms with Crippen LogP contribution in [0.5, 0.6) is 0 Å². The number of likely N-dealkylation sites (N-methyl/N-ethyl adjacent to an activating group) is 1. The summed E-state index contributed by atoms with van der Waals surface area (Å²) in [7, 11) is 5.65. The number of benzene rings is 2. The highest BCUT2D eigenvalue weighted by atomic mass is 127. The van der Waals surface area contributed by atoms with Crippen molar-refractivity contribution in [3.05, 3.63) is 71.3 Å². The van der Waals surface area contributed by atoms with Crippen molar-refractivity contribution in [3.63, 3.8) is 0 Å². The Hall–Kier alpha value is -2.13. The molecule has 7 heteroatoms. The summed E-state index contributed by atoms with van der Waals surface area (Å²) < 4.78 is 0. The van der Waals surface area contributed by atoms with Crippen LogP contribution in [0.3, 0.4) is 0 Å². The topological polar surface area (TPSA) is 60.0 Å². The zero-order chi connectivity index (χ0) is 21.9. The summed E-state index contributed by atoms with van der Waals surface area (Å²) in [5.41, 5.74) is 3.06. The fraction of sp³-hybridized carbons (Fsp3) is 0.417. The van der Waals surface area contributed by atoms with Crippen LogP contribution in [-0.4, -0.2) is 61.9 Å². The minimum Gasteiger partial charge on any atom is -0.357 e. The van der Waals surface area contributed by atoms with Gasteiger partial charge in [-0.2, -0.15) is 0 Å². The van der Waals surface area contributed by atoms with Gasteiger partial charge in [-0.1, -0.05) is 42.5 Å². The largest absolute Gasteiger partial charge is 0.357 e. The molecule has 0 bridgehead atoms. The van der Waals surface area contributed by atoms with E-state index in [2.05, 4.69) is 65.7 Å². The molecule has 170 valence electrons. The van der Waals surface area contributed by atoms with Crippen molar-refractivity contribution < 1.29 is 4.79 Å². The fourth-order valence-corrected chi connectivity index (χ4v) is 2.95. The summed E-state index contributed by atoms with van der Waals surface area (Å²) in [6.07, 6.45) is 0. The highest BCUT2D eigenvalue weighted by Crippen LogP contribution is 2.08. The Kier molecular flexibility index (Phi) is 12.2. The standard InChI is InChI=1S/C24H35N5O.HI/c1-6-25-24(26-16-19(2)29(5)18-21-10-8-7-9-11-21)27-17-20-12-14-22(15-13-20)23(30)28(3)4;/h7-15,19H,6,16-18H2,1-5H3,(H2,25,26,27);1H. The van der Waals surface area contributed by atoms with Gasteiger partial charge in [0.05, 0.1) is 6.54 Å².